The zero-order valence-corrected chi connectivity index (χ0v) is 19.9. The summed E-state index contributed by atoms with van der Waals surface area (Å²) in [4.78, 5) is 61.1. The number of nitrogens with one attached hydrogen (secondary N) is 1. The summed E-state index contributed by atoms with van der Waals surface area (Å²) in [5.74, 6) is -3.73. The number of ether oxygens (including phenoxy) is 1. The number of Topliss-reactive ketones (excluding diaryl/α,β-unsaturated/α-hetero) is 1. The second kappa shape index (κ2) is 12.6. The first-order valence-electron chi connectivity index (χ1n) is 11.0. The summed E-state index contributed by atoms with van der Waals surface area (Å²) >= 11 is 0. The van der Waals surface area contributed by atoms with E-state index in [1.165, 1.54) is 24.3 Å². The molecule has 0 heterocycles. The van der Waals surface area contributed by atoms with Gasteiger partial charge >= 0.3 is 12.1 Å². The minimum absolute atomic E-state index is 0.0619. The van der Waals surface area contributed by atoms with Crippen molar-refractivity contribution in [3.63, 3.8) is 0 Å². The third-order valence-electron chi connectivity index (χ3n) is 5.02. The molecule has 1 N–H and O–H groups in total. The van der Waals surface area contributed by atoms with Crippen LogP contribution in [0.3, 0.4) is 0 Å². The summed E-state index contributed by atoms with van der Waals surface area (Å²) in [5.41, 5.74) is -0.798. The molecule has 10 nitrogen and oxygen atoms in total. The number of ketones is 1. The van der Waals surface area contributed by atoms with Gasteiger partial charge in [-0.1, -0.05) is 12.1 Å². The van der Waals surface area contributed by atoms with E-state index in [1.54, 1.807) is 6.92 Å². The summed E-state index contributed by atoms with van der Waals surface area (Å²) < 4.78 is 44.6. The van der Waals surface area contributed by atoms with Gasteiger partial charge in [-0.25, -0.2) is 0 Å². The van der Waals surface area contributed by atoms with Gasteiger partial charge in [-0.3, -0.25) is 34.2 Å². The number of nitrogens with zero attached hydrogens (tertiary/aromatic N) is 2. The molecular weight excluding hydrogens is 499 g/mol. The number of nitro groups is 1. The standard InChI is InChI=1S/C24H24F3N3O7/c1-3-37-21(33)12-13-28-23(34)22(16-8-10-17(11-9-16)30(35)36)29(20(32)14-24(25,26)27)19-7-5-4-6-18(19)15(2)31/h4-11,22H,3,12-14H2,1-2H3,(H,28,34). The predicted molar refractivity (Wildman–Crippen MR) is 125 cm³/mol. The van der Waals surface area contributed by atoms with Crippen molar-refractivity contribution in [1.82, 2.24) is 5.32 Å². The van der Waals surface area contributed by atoms with Crippen molar-refractivity contribution < 1.29 is 42.0 Å². The number of amides is 2. The Hall–Kier alpha value is -4.29. The third kappa shape index (κ3) is 8.12. The second-order valence-corrected chi connectivity index (χ2v) is 7.73. The first kappa shape index (κ1) is 28.9. The van der Waals surface area contributed by atoms with Crippen LogP contribution in [0.25, 0.3) is 0 Å². The molecule has 0 saturated heterocycles. The minimum Gasteiger partial charge on any atom is -0.466 e. The van der Waals surface area contributed by atoms with Gasteiger partial charge in [-0.15, -0.1) is 0 Å². The van der Waals surface area contributed by atoms with Crippen LogP contribution in [-0.2, 0) is 19.1 Å². The lowest BCUT2D eigenvalue weighted by Crippen LogP contribution is -2.46. The van der Waals surface area contributed by atoms with Crippen molar-refractivity contribution in [3.8, 4) is 0 Å². The van der Waals surface area contributed by atoms with Crippen LogP contribution in [0, 0.1) is 10.1 Å². The average molecular weight is 523 g/mol. The van der Waals surface area contributed by atoms with Gasteiger partial charge in [-0.2, -0.15) is 13.2 Å². The number of hydrogen-bond donors (Lipinski definition) is 1. The third-order valence-corrected chi connectivity index (χ3v) is 5.02. The molecule has 0 saturated carbocycles. The molecule has 0 bridgehead atoms. The van der Waals surface area contributed by atoms with Crippen LogP contribution in [0.4, 0.5) is 24.5 Å². The predicted octanol–water partition coefficient (Wildman–Crippen LogP) is 3.89. The Morgan fingerprint density at radius 2 is 1.70 bits per heavy atom. The number of halogens is 3. The fourth-order valence-electron chi connectivity index (χ4n) is 3.47. The highest BCUT2D eigenvalue weighted by atomic mass is 19.4. The number of rotatable bonds is 11. The molecular formula is C24H24F3N3O7. The highest BCUT2D eigenvalue weighted by Gasteiger charge is 2.40. The van der Waals surface area contributed by atoms with E-state index < -0.39 is 47.1 Å². The Morgan fingerprint density at radius 1 is 1.08 bits per heavy atom. The first-order valence-corrected chi connectivity index (χ1v) is 11.0. The van der Waals surface area contributed by atoms with Crippen molar-refractivity contribution in [3.05, 3.63) is 69.8 Å². The van der Waals surface area contributed by atoms with Gasteiger partial charge in [0.15, 0.2) is 5.78 Å². The number of benzene rings is 2. The molecule has 1 unspecified atom stereocenters. The second-order valence-electron chi connectivity index (χ2n) is 7.73. The SMILES string of the molecule is CCOC(=O)CCNC(=O)C(c1ccc([N+](=O)[O-])cc1)N(C(=O)CC(F)(F)F)c1ccccc1C(C)=O. The van der Waals surface area contributed by atoms with Crippen molar-refractivity contribution in [2.24, 2.45) is 0 Å². The maximum absolute atomic E-state index is 13.3. The maximum Gasteiger partial charge on any atom is 0.397 e. The van der Waals surface area contributed by atoms with Gasteiger partial charge in [0.05, 0.1) is 23.6 Å². The summed E-state index contributed by atoms with van der Waals surface area (Å²) in [5, 5.41) is 13.5. The lowest BCUT2D eigenvalue weighted by molar-refractivity contribution is -0.384. The quantitative estimate of drug-likeness (QED) is 0.204. The minimum atomic E-state index is -4.94. The molecule has 0 aliphatic rings. The van der Waals surface area contributed by atoms with Gasteiger partial charge in [-0.05, 0) is 43.7 Å². The number of non-ortho nitro benzene ring substituents is 1. The van der Waals surface area contributed by atoms with Crippen molar-refractivity contribution >= 4 is 34.9 Å². The Labute approximate surface area is 209 Å². The number of hydrogen-bond acceptors (Lipinski definition) is 7. The van der Waals surface area contributed by atoms with E-state index in [0.29, 0.717) is 4.90 Å². The lowest BCUT2D eigenvalue weighted by atomic mass is 9.99. The van der Waals surface area contributed by atoms with E-state index in [1.807, 2.05) is 0 Å². The van der Waals surface area contributed by atoms with E-state index in [9.17, 15) is 42.5 Å². The molecule has 37 heavy (non-hydrogen) atoms. The fraction of sp³-hybridized carbons (Fsp3) is 0.333. The van der Waals surface area contributed by atoms with Crippen LogP contribution < -0.4 is 10.2 Å². The molecule has 0 spiro atoms. The molecule has 198 valence electrons. The van der Waals surface area contributed by atoms with E-state index in [2.05, 4.69) is 5.32 Å². The van der Waals surface area contributed by atoms with E-state index in [0.717, 1.165) is 31.2 Å². The molecule has 0 fully saturated rings. The number of esters is 1. The van der Waals surface area contributed by atoms with Gasteiger partial charge < -0.3 is 10.1 Å². The molecule has 0 aliphatic heterocycles. The Bertz CT molecular complexity index is 1170. The van der Waals surface area contributed by atoms with Crippen molar-refractivity contribution in [2.45, 2.75) is 38.9 Å². The van der Waals surface area contributed by atoms with Crippen LogP contribution in [0.2, 0.25) is 0 Å². The van der Waals surface area contributed by atoms with Crippen molar-refractivity contribution in [1.29, 1.82) is 0 Å². The zero-order chi connectivity index (χ0) is 27.8. The summed E-state index contributed by atoms with van der Waals surface area (Å²) in [6.07, 6.45) is -7.15. The summed E-state index contributed by atoms with van der Waals surface area (Å²) in [6.45, 7) is 2.56. The average Bonchev–Trinajstić information content (AvgIpc) is 2.81. The maximum atomic E-state index is 13.3. The number of carbonyl (C=O) groups is 4. The number of carbonyl (C=O) groups excluding carboxylic acids is 4. The van der Waals surface area contributed by atoms with Crippen molar-refractivity contribution in [2.75, 3.05) is 18.1 Å². The van der Waals surface area contributed by atoms with Crippen LogP contribution >= 0.6 is 0 Å². The molecule has 2 rings (SSSR count). The lowest BCUT2D eigenvalue weighted by Gasteiger charge is -2.33. The highest BCUT2D eigenvalue weighted by molar-refractivity contribution is 6.08. The Balaban J connectivity index is 2.64. The largest absolute Gasteiger partial charge is 0.466 e. The fourth-order valence-corrected chi connectivity index (χ4v) is 3.47. The molecule has 2 aromatic rings. The van der Waals surface area contributed by atoms with Gasteiger partial charge in [0.2, 0.25) is 11.8 Å². The van der Waals surface area contributed by atoms with Crippen LogP contribution in [0.15, 0.2) is 48.5 Å². The highest BCUT2D eigenvalue weighted by Crippen LogP contribution is 2.34. The van der Waals surface area contributed by atoms with E-state index in [4.69, 9.17) is 4.74 Å². The van der Waals surface area contributed by atoms with E-state index in [-0.39, 0.29) is 42.1 Å². The topological polar surface area (TPSA) is 136 Å². The molecule has 0 aromatic heterocycles. The molecule has 2 amide bonds. The normalized spacial score (nSPS) is 11.8. The molecule has 13 heteroatoms. The Kier molecular flexibility index (Phi) is 9.86. The number of anilines is 1. The summed E-state index contributed by atoms with van der Waals surface area (Å²) in [6, 6.07) is 7.85. The van der Waals surface area contributed by atoms with Crippen LogP contribution in [-0.4, -0.2) is 47.8 Å². The number of alkyl halides is 3. The van der Waals surface area contributed by atoms with Gasteiger partial charge in [0.1, 0.15) is 12.5 Å². The van der Waals surface area contributed by atoms with E-state index >= 15 is 0 Å². The van der Waals surface area contributed by atoms with Gasteiger partial charge in [0.25, 0.3) is 5.69 Å². The Morgan fingerprint density at radius 3 is 2.24 bits per heavy atom. The zero-order valence-electron chi connectivity index (χ0n) is 19.9. The summed E-state index contributed by atoms with van der Waals surface area (Å²) in [7, 11) is 0. The van der Waals surface area contributed by atoms with Crippen LogP contribution in [0.1, 0.15) is 48.7 Å². The number of para-hydroxylation sites is 1. The number of nitro benzene ring substituents is 1. The first-order chi connectivity index (χ1) is 17.4. The molecule has 1 atom stereocenters. The monoisotopic (exact) mass is 523 g/mol. The smallest absolute Gasteiger partial charge is 0.397 e. The molecule has 0 aliphatic carbocycles. The molecule has 2 aromatic carbocycles. The molecule has 0 radical (unpaired) electrons. The van der Waals surface area contributed by atoms with Crippen LogP contribution in [0.5, 0.6) is 0 Å². The van der Waals surface area contributed by atoms with Gasteiger partial charge in [0, 0.05) is 24.2 Å².